The largest absolute Gasteiger partial charge is 0.444 e. The molecular formula is C24H29N3O4. The van der Waals surface area contributed by atoms with Crippen molar-refractivity contribution in [2.75, 3.05) is 23.3 Å². The first-order valence-electron chi connectivity index (χ1n) is 10.5. The first-order valence-corrected chi connectivity index (χ1v) is 10.5. The first kappa shape index (κ1) is 22.3. The SMILES string of the molecule is CC(C)(C)OC(=O)NCCCC(=O)Nc1ccc(C(=O)N2CCc3ccccc32)cc1. The molecule has 164 valence electrons. The molecular weight excluding hydrogens is 394 g/mol. The van der Waals surface area contributed by atoms with E-state index in [0.29, 0.717) is 30.8 Å². The normalized spacial score (nSPS) is 12.8. The molecule has 1 aliphatic heterocycles. The molecule has 0 atom stereocenters. The Labute approximate surface area is 182 Å². The molecule has 0 bridgehead atoms. The zero-order valence-electron chi connectivity index (χ0n) is 18.2. The number of nitrogens with zero attached hydrogens (tertiary/aromatic N) is 1. The number of hydrogen-bond donors (Lipinski definition) is 2. The maximum Gasteiger partial charge on any atom is 0.407 e. The van der Waals surface area contributed by atoms with Gasteiger partial charge in [0.1, 0.15) is 5.60 Å². The number of fused-ring (bicyclic) bond motifs is 1. The van der Waals surface area contributed by atoms with Crippen molar-refractivity contribution < 1.29 is 19.1 Å². The average Bonchev–Trinajstić information content (AvgIpc) is 3.14. The van der Waals surface area contributed by atoms with Crippen molar-refractivity contribution in [2.24, 2.45) is 0 Å². The van der Waals surface area contributed by atoms with Crippen LogP contribution >= 0.6 is 0 Å². The maximum atomic E-state index is 12.9. The van der Waals surface area contributed by atoms with E-state index in [1.54, 1.807) is 49.9 Å². The van der Waals surface area contributed by atoms with Crippen molar-refractivity contribution in [1.82, 2.24) is 5.32 Å². The lowest BCUT2D eigenvalue weighted by atomic mass is 10.1. The van der Waals surface area contributed by atoms with Gasteiger partial charge in [-0.3, -0.25) is 9.59 Å². The van der Waals surface area contributed by atoms with Gasteiger partial charge in [0.25, 0.3) is 5.91 Å². The van der Waals surface area contributed by atoms with Gasteiger partial charge in [-0.05, 0) is 69.5 Å². The lowest BCUT2D eigenvalue weighted by Crippen LogP contribution is -2.33. The summed E-state index contributed by atoms with van der Waals surface area (Å²) in [6, 6.07) is 14.8. The number of ether oxygens (including phenoxy) is 1. The first-order chi connectivity index (χ1) is 14.7. The van der Waals surface area contributed by atoms with E-state index in [9.17, 15) is 14.4 Å². The van der Waals surface area contributed by atoms with Gasteiger partial charge >= 0.3 is 6.09 Å². The van der Waals surface area contributed by atoms with Gasteiger partial charge in [0.05, 0.1) is 0 Å². The van der Waals surface area contributed by atoms with Gasteiger partial charge in [-0.1, -0.05) is 18.2 Å². The summed E-state index contributed by atoms with van der Waals surface area (Å²) in [5.74, 6) is -0.199. The standard InChI is InChI=1S/C24H29N3O4/c1-24(2,3)31-23(30)25-15-6-9-21(28)26-19-12-10-18(11-13-19)22(29)27-16-14-17-7-4-5-8-20(17)27/h4-5,7-8,10-13H,6,9,14-16H2,1-3H3,(H,25,30)(H,26,28). The van der Waals surface area contributed by atoms with Crippen LogP contribution in [0.4, 0.5) is 16.2 Å². The summed E-state index contributed by atoms with van der Waals surface area (Å²) in [5, 5.41) is 5.44. The average molecular weight is 424 g/mol. The quantitative estimate of drug-likeness (QED) is 0.684. The Balaban J connectivity index is 1.45. The van der Waals surface area contributed by atoms with Crippen LogP contribution in [0.5, 0.6) is 0 Å². The summed E-state index contributed by atoms with van der Waals surface area (Å²) in [6.07, 6.45) is 1.13. The number of benzene rings is 2. The fraction of sp³-hybridized carbons (Fsp3) is 0.375. The highest BCUT2D eigenvalue weighted by Crippen LogP contribution is 2.29. The molecule has 1 heterocycles. The van der Waals surface area contributed by atoms with Crippen molar-refractivity contribution in [3.05, 3.63) is 59.7 Å². The summed E-state index contributed by atoms with van der Waals surface area (Å²) in [5.41, 5.74) is 2.80. The van der Waals surface area contributed by atoms with Crippen LogP contribution in [-0.2, 0) is 16.0 Å². The van der Waals surface area contributed by atoms with E-state index in [-0.39, 0.29) is 18.2 Å². The molecule has 0 saturated carbocycles. The van der Waals surface area contributed by atoms with Gasteiger partial charge in [0.15, 0.2) is 0 Å². The Kier molecular flexibility index (Phi) is 6.95. The molecule has 2 aromatic carbocycles. The molecule has 3 amide bonds. The maximum absolute atomic E-state index is 12.9. The van der Waals surface area contributed by atoms with Crippen molar-refractivity contribution in [3.63, 3.8) is 0 Å². The number of carbonyl (C=O) groups is 3. The molecule has 0 spiro atoms. The van der Waals surface area contributed by atoms with Crippen LogP contribution in [0.3, 0.4) is 0 Å². The van der Waals surface area contributed by atoms with Crippen LogP contribution in [-0.4, -0.2) is 36.6 Å². The molecule has 31 heavy (non-hydrogen) atoms. The number of alkyl carbamates (subject to hydrolysis) is 1. The topological polar surface area (TPSA) is 87.7 Å². The molecule has 0 aromatic heterocycles. The predicted octanol–water partition coefficient (Wildman–Crippen LogP) is 4.13. The fourth-order valence-electron chi connectivity index (χ4n) is 3.38. The van der Waals surface area contributed by atoms with Gasteiger partial charge in [0.2, 0.25) is 5.91 Å². The van der Waals surface area contributed by atoms with E-state index in [1.807, 2.05) is 24.3 Å². The third-order valence-corrected chi connectivity index (χ3v) is 4.80. The summed E-state index contributed by atoms with van der Waals surface area (Å²) in [6.45, 7) is 6.41. The number of carbonyl (C=O) groups excluding carboxylic acids is 3. The van der Waals surface area contributed by atoms with Gasteiger partial charge in [-0.25, -0.2) is 4.79 Å². The minimum Gasteiger partial charge on any atom is -0.444 e. The summed E-state index contributed by atoms with van der Waals surface area (Å²) in [4.78, 5) is 38.3. The molecule has 1 aliphatic rings. The van der Waals surface area contributed by atoms with Gasteiger partial charge < -0.3 is 20.3 Å². The highest BCUT2D eigenvalue weighted by molar-refractivity contribution is 6.07. The smallest absolute Gasteiger partial charge is 0.407 e. The second-order valence-electron chi connectivity index (χ2n) is 8.49. The minimum atomic E-state index is -0.548. The van der Waals surface area contributed by atoms with Crippen LogP contribution in [0.1, 0.15) is 49.5 Å². The number of para-hydroxylation sites is 1. The molecule has 2 N–H and O–H groups in total. The highest BCUT2D eigenvalue weighted by atomic mass is 16.6. The molecule has 0 fully saturated rings. The third-order valence-electron chi connectivity index (χ3n) is 4.80. The number of amides is 3. The third kappa shape index (κ3) is 6.31. The van der Waals surface area contributed by atoms with E-state index < -0.39 is 11.7 Å². The highest BCUT2D eigenvalue weighted by Gasteiger charge is 2.25. The Bertz CT molecular complexity index is 948. The van der Waals surface area contributed by atoms with Gasteiger partial charge in [0, 0.05) is 36.4 Å². The van der Waals surface area contributed by atoms with Crippen LogP contribution < -0.4 is 15.5 Å². The second-order valence-corrected chi connectivity index (χ2v) is 8.49. The van der Waals surface area contributed by atoms with Gasteiger partial charge in [-0.15, -0.1) is 0 Å². The molecule has 0 saturated heterocycles. The summed E-state index contributed by atoms with van der Waals surface area (Å²) < 4.78 is 5.15. The van der Waals surface area contributed by atoms with E-state index in [1.165, 1.54) is 5.56 Å². The van der Waals surface area contributed by atoms with Crippen LogP contribution in [0.2, 0.25) is 0 Å². The molecule has 0 aliphatic carbocycles. The van der Waals surface area contributed by atoms with E-state index in [4.69, 9.17) is 4.74 Å². The predicted molar refractivity (Wildman–Crippen MR) is 120 cm³/mol. The molecule has 3 rings (SSSR count). The minimum absolute atomic E-state index is 0.0453. The number of rotatable bonds is 6. The summed E-state index contributed by atoms with van der Waals surface area (Å²) in [7, 11) is 0. The van der Waals surface area contributed by atoms with Crippen LogP contribution in [0, 0.1) is 0 Å². The molecule has 7 heteroatoms. The Morgan fingerprint density at radius 3 is 2.45 bits per heavy atom. The van der Waals surface area contributed by atoms with Crippen molar-refractivity contribution >= 4 is 29.3 Å². The van der Waals surface area contributed by atoms with Crippen molar-refractivity contribution in [2.45, 2.75) is 45.6 Å². The Hall–Kier alpha value is -3.35. The number of anilines is 2. The van der Waals surface area contributed by atoms with Crippen LogP contribution in [0.25, 0.3) is 0 Å². The molecule has 2 aromatic rings. The number of hydrogen-bond acceptors (Lipinski definition) is 4. The van der Waals surface area contributed by atoms with E-state index >= 15 is 0 Å². The monoisotopic (exact) mass is 423 g/mol. The van der Waals surface area contributed by atoms with Crippen molar-refractivity contribution in [3.8, 4) is 0 Å². The second kappa shape index (κ2) is 9.64. The Morgan fingerprint density at radius 1 is 1.03 bits per heavy atom. The van der Waals surface area contributed by atoms with Crippen molar-refractivity contribution in [1.29, 1.82) is 0 Å². The van der Waals surface area contributed by atoms with E-state index in [2.05, 4.69) is 10.6 Å². The fourth-order valence-corrected chi connectivity index (χ4v) is 3.38. The van der Waals surface area contributed by atoms with Gasteiger partial charge in [-0.2, -0.15) is 0 Å². The lowest BCUT2D eigenvalue weighted by Gasteiger charge is -2.19. The zero-order chi connectivity index (χ0) is 22.4. The molecule has 0 unspecified atom stereocenters. The summed E-state index contributed by atoms with van der Waals surface area (Å²) >= 11 is 0. The zero-order valence-corrected chi connectivity index (χ0v) is 18.2. The number of nitrogens with one attached hydrogen (secondary N) is 2. The Morgan fingerprint density at radius 2 is 1.74 bits per heavy atom. The van der Waals surface area contributed by atoms with Crippen LogP contribution in [0.15, 0.2) is 48.5 Å². The lowest BCUT2D eigenvalue weighted by molar-refractivity contribution is -0.116. The molecule has 0 radical (unpaired) electrons. The van der Waals surface area contributed by atoms with E-state index in [0.717, 1.165) is 12.1 Å². The molecule has 7 nitrogen and oxygen atoms in total.